The molecular weight excluding hydrogens is 214 g/mol. The van der Waals surface area contributed by atoms with Crippen LogP contribution >= 0.6 is 0 Å². The van der Waals surface area contributed by atoms with Crippen molar-refractivity contribution in [3.63, 3.8) is 0 Å². The number of H-pyrrole nitrogens is 1. The van der Waals surface area contributed by atoms with Gasteiger partial charge in [-0.05, 0) is 18.6 Å². The molecule has 2 heterocycles. The molecule has 0 fully saturated rings. The van der Waals surface area contributed by atoms with Gasteiger partial charge in [0.1, 0.15) is 17.6 Å². The fourth-order valence-electron chi connectivity index (χ4n) is 1.72. The number of nitrogens with zero attached hydrogens (tertiary/aromatic N) is 3. The minimum atomic E-state index is 0.163. The van der Waals surface area contributed by atoms with Crippen LogP contribution in [0.4, 0.5) is 0 Å². The average molecular weight is 229 g/mol. The molecule has 0 aliphatic heterocycles. The SMILES string of the molecule is CC(NCc1cc(C#N)n(C)c1)c1ncc[nH]1. The van der Waals surface area contributed by atoms with E-state index in [0.29, 0.717) is 5.69 Å². The molecule has 0 radical (unpaired) electrons. The zero-order chi connectivity index (χ0) is 12.3. The highest BCUT2D eigenvalue weighted by molar-refractivity contribution is 5.28. The predicted octanol–water partition coefficient (Wildman–Crippen LogP) is 1.47. The molecule has 0 saturated carbocycles. The van der Waals surface area contributed by atoms with E-state index in [1.165, 1.54) is 0 Å². The molecule has 0 saturated heterocycles. The predicted molar refractivity (Wildman–Crippen MR) is 64.0 cm³/mol. The monoisotopic (exact) mass is 229 g/mol. The third-order valence-corrected chi connectivity index (χ3v) is 2.72. The quantitative estimate of drug-likeness (QED) is 0.834. The molecule has 5 nitrogen and oxygen atoms in total. The lowest BCUT2D eigenvalue weighted by atomic mass is 10.2. The first-order valence-corrected chi connectivity index (χ1v) is 5.48. The van der Waals surface area contributed by atoms with Crippen molar-refractivity contribution in [2.45, 2.75) is 19.5 Å². The largest absolute Gasteiger partial charge is 0.347 e. The third-order valence-electron chi connectivity index (χ3n) is 2.72. The first-order chi connectivity index (χ1) is 8.20. The summed E-state index contributed by atoms with van der Waals surface area (Å²) >= 11 is 0. The van der Waals surface area contributed by atoms with Gasteiger partial charge in [0, 0.05) is 32.2 Å². The highest BCUT2D eigenvalue weighted by atomic mass is 15.0. The first kappa shape index (κ1) is 11.4. The molecule has 2 N–H and O–H groups in total. The molecule has 17 heavy (non-hydrogen) atoms. The number of imidazole rings is 1. The Bertz CT molecular complexity index is 518. The molecule has 1 atom stereocenters. The number of rotatable bonds is 4. The van der Waals surface area contributed by atoms with Gasteiger partial charge in [0.25, 0.3) is 0 Å². The second-order valence-electron chi connectivity index (χ2n) is 4.03. The van der Waals surface area contributed by atoms with Gasteiger partial charge in [-0.3, -0.25) is 0 Å². The van der Waals surface area contributed by atoms with Gasteiger partial charge in [-0.15, -0.1) is 0 Å². The molecule has 5 heteroatoms. The van der Waals surface area contributed by atoms with E-state index in [0.717, 1.165) is 17.9 Å². The van der Waals surface area contributed by atoms with Gasteiger partial charge in [0.05, 0.1) is 6.04 Å². The van der Waals surface area contributed by atoms with Crippen LogP contribution in [0.15, 0.2) is 24.7 Å². The van der Waals surface area contributed by atoms with Crippen molar-refractivity contribution in [3.05, 3.63) is 41.7 Å². The second kappa shape index (κ2) is 4.85. The smallest absolute Gasteiger partial charge is 0.122 e. The maximum Gasteiger partial charge on any atom is 0.122 e. The van der Waals surface area contributed by atoms with Crippen molar-refractivity contribution in [3.8, 4) is 6.07 Å². The summed E-state index contributed by atoms with van der Waals surface area (Å²) in [5, 5.41) is 12.2. The summed E-state index contributed by atoms with van der Waals surface area (Å²) in [7, 11) is 1.87. The summed E-state index contributed by atoms with van der Waals surface area (Å²) in [4.78, 5) is 7.26. The molecule has 0 amide bonds. The van der Waals surface area contributed by atoms with Gasteiger partial charge in [-0.1, -0.05) is 0 Å². The molecule has 88 valence electrons. The van der Waals surface area contributed by atoms with Crippen molar-refractivity contribution in [2.75, 3.05) is 0 Å². The number of nitriles is 1. The standard InChI is InChI=1S/C12H15N5/c1-9(12-14-3-4-15-12)16-7-10-5-11(6-13)17(2)8-10/h3-5,8-9,16H,7H2,1-2H3,(H,14,15). The molecule has 0 spiro atoms. The Morgan fingerprint density at radius 3 is 3.06 bits per heavy atom. The van der Waals surface area contributed by atoms with Crippen molar-refractivity contribution < 1.29 is 0 Å². The minimum Gasteiger partial charge on any atom is -0.347 e. The first-order valence-electron chi connectivity index (χ1n) is 5.48. The Kier molecular flexibility index (Phi) is 3.26. The number of aryl methyl sites for hydroxylation is 1. The van der Waals surface area contributed by atoms with E-state index < -0.39 is 0 Å². The number of hydrogen-bond acceptors (Lipinski definition) is 3. The van der Waals surface area contributed by atoms with Crippen molar-refractivity contribution >= 4 is 0 Å². The fraction of sp³-hybridized carbons (Fsp3) is 0.333. The topological polar surface area (TPSA) is 69.4 Å². The fourth-order valence-corrected chi connectivity index (χ4v) is 1.72. The van der Waals surface area contributed by atoms with Crippen LogP contribution in [0.2, 0.25) is 0 Å². The normalized spacial score (nSPS) is 12.3. The van der Waals surface area contributed by atoms with Crippen molar-refractivity contribution in [1.82, 2.24) is 19.9 Å². The Morgan fingerprint density at radius 1 is 1.65 bits per heavy atom. The molecule has 0 aliphatic rings. The van der Waals surface area contributed by atoms with Gasteiger partial charge in [-0.2, -0.15) is 5.26 Å². The second-order valence-corrected chi connectivity index (χ2v) is 4.03. The van der Waals surface area contributed by atoms with Gasteiger partial charge in [-0.25, -0.2) is 4.98 Å². The summed E-state index contributed by atoms with van der Waals surface area (Å²) in [6, 6.07) is 4.20. The van der Waals surface area contributed by atoms with Crippen LogP contribution in [0, 0.1) is 11.3 Å². The lowest BCUT2D eigenvalue weighted by molar-refractivity contribution is 0.550. The maximum absolute atomic E-state index is 8.85. The Morgan fingerprint density at radius 2 is 2.47 bits per heavy atom. The summed E-state index contributed by atoms with van der Waals surface area (Å²) in [5.74, 6) is 0.918. The van der Waals surface area contributed by atoms with Crippen LogP contribution in [0.5, 0.6) is 0 Å². The van der Waals surface area contributed by atoms with Gasteiger partial charge < -0.3 is 14.9 Å². The van der Waals surface area contributed by atoms with Gasteiger partial charge >= 0.3 is 0 Å². The molecular formula is C12H15N5. The van der Waals surface area contributed by atoms with E-state index in [4.69, 9.17) is 5.26 Å². The highest BCUT2D eigenvalue weighted by Crippen LogP contribution is 2.09. The number of aromatic nitrogens is 3. The van der Waals surface area contributed by atoms with Crippen LogP contribution in [0.3, 0.4) is 0 Å². The van der Waals surface area contributed by atoms with Crippen LogP contribution in [-0.2, 0) is 13.6 Å². The molecule has 1 unspecified atom stereocenters. The Hall–Kier alpha value is -2.06. The molecule has 2 aromatic rings. The third kappa shape index (κ3) is 2.55. The molecule has 0 aromatic carbocycles. The Labute approximate surface area is 100 Å². The lowest BCUT2D eigenvalue weighted by Crippen LogP contribution is -2.18. The minimum absolute atomic E-state index is 0.163. The molecule has 2 aromatic heterocycles. The zero-order valence-corrected chi connectivity index (χ0v) is 9.94. The summed E-state index contributed by atoms with van der Waals surface area (Å²) < 4.78 is 1.83. The van der Waals surface area contributed by atoms with E-state index in [1.54, 1.807) is 6.20 Å². The van der Waals surface area contributed by atoms with Crippen LogP contribution < -0.4 is 5.32 Å². The van der Waals surface area contributed by atoms with E-state index in [9.17, 15) is 0 Å². The van der Waals surface area contributed by atoms with Crippen molar-refractivity contribution in [1.29, 1.82) is 5.26 Å². The average Bonchev–Trinajstić information content (AvgIpc) is 2.95. The van der Waals surface area contributed by atoms with E-state index in [2.05, 4.69) is 21.4 Å². The number of nitrogens with one attached hydrogen (secondary N) is 2. The number of aromatic amines is 1. The van der Waals surface area contributed by atoms with E-state index >= 15 is 0 Å². The zero-order valence-electron chi connectivity index (χ0n) is 9.94. The van der Waals surface area contributed by atoms with Gasteiger partial charge in [0.15, 0.2) is 0 Å². The summed E-state index contributed by atoms with van der Waals surface area (Å²) in [6.45, 7) is 2.77. The maximum atomic E-state index is 8.85. The number of hydrogen-bond donors (Lipinski definition) is 2. The Balaban J connectivity index is 1.96. The van der Waals surface area contributed by atoms with Crippen LogP contribution in [0.1, 0.15) is 30.0 Å². The van der Waals surface area contributed by atoms with Crippen LogP contribution in [-0.4, -0.2) is 14.5 Å². The summed E-state index contributed by atoms with van der Waals surface area (Å²) in [5.41, 5.74) is 1.77. The highest BCUT2D eigenvalue weighted by Gasteiger charge is 2.08. The molecule has 0 bridgehead atoms. The lowest BCUT2D eigenvalue weighted by Gasteiger charge is -2.09. The van der Waals surface area contributed by atoms with Crippen molar-refractivity contribution in [2.24, 2.45) is 7.05 Å². The molecule has 0 aliphatic carbocycles. The summed E-state index contributed by atoms with van der Waals surface area (Å²) in [6.07, 6.45) is 5.51. The van der Waals surface area contributed by atoms with E-state index in [1.807, 2.05) is 37.0 Å². The van der Waals surface area contributed by atoms with Gasteiger partial charge in [0.2, 0.25) is 0 Å². The van der Waals surface area contributed by atoms with E-state index in [-0.39, 0.29) is 6.04 Å². The van der Waals surface area contributed by atoms with Crippen LogP contribution in [0.25, 0.3) is 0 Å². The molecule has 2 rings (SSSR count).